The van der Waals surface area contributed by atoms with Gasteiger partial charge in [-0.3, -0.25) is 4.98 Å². The second-order valence-electron chi connectivity index (χ2n) is 5.78. The fourth-order valence-electron chi connectivity index (χ4n) is 2.31. The molecule has 1 aromatic heterocycles. The Labute approximate surface area is 144 Å². The molecule has 1 heterocycles. The number of aromatic nitrogens is 1. The first-order chi connectivity index (χ1) is 11.7. The molecule has 1 N–H and O–H groups in total. The van der Waals surface area contributed by atoms with E-state index >= 15 is 0 Å². The van der Waals surface area contributed by atoms with Gasteiger partial charge in [0.05, 0.1) is 18.0 Å². The second kappa shape index (κ2) is 9.68. The SMILES string of the molecule is C=CCOc1ccc(-c2ccc(/C=C/CCCC(C)O)cc2)nc1. The second-order valence-corrected chi connectivity index (χ2v) is 5.78. The zero-order chi connectivity index (χ0) is 17.2. The van der Waals surface area contributed by atoms with Crippen LogP contribution in [-0.4, -0.2) is 22.8 Å². The van der Waals surface area contributed by atoms with Crippen molar-refractivity contribution in [2.75, 3.05) is 6.61 Å². The summed E-state index contributed by atoms with van der Waals surface area (Å²) in [6, 6.07) is 12.2. The van der Waals surface area contributed by atoms with Gasteiger partial charge in [-0.2, -0.15) is 0 Å². The van der Waals surface area contributed by atoms with Crippen LogP contribution in [0.4, 0.5) is 0 Å². The molecular weight excluding hydrogens is 298 g/mol. The third kappa shape index (κ3) is 6.01. The third-order valence-electron chi connectivity index (χ3n) is 3.61. The van der Waals surface area contributed by atoms with Crippen LogP contribution in [0.5, 0.6) is 5.75 Å². The number of unbranched alkanes of at least 4 members (excludes halogenated alkanes) is 1. The van der Waals surface area contributed by atoms with Crippen molar-refractivity contribution in [1.82, 2.24) is 4.98 Å². The normalized spacial score (nSPS) is 12.2. The number of rotatable bonds is 9. The summed E-state index contributed by atoms with van der Waals surface area (Å²) in [5.41, 5.74) is 3.17. The molecule has 0 aliphatic heterocycles. The van der Waals surface area contributed by atoms with Gasteiger partial charge in [0, 0.05) is 5.56 Å². The maximum atomic E-state index is 9.22. The van der Waals surface area contributed by atoms with E-state index in [9.17, 15) is 5.11 Å². The largest absolute Gasteiger partial charge is 0.488 e. The van der Waals surface area contributed by atoms with E-state index in [-0.39, 0.29) is 6.10 Å². The lowest BCUT2D eigenvalue weighted by atomic mass is 10.1. The van der Waals surface area contributed by atoms with Crippen LogP contribution in [0.15, 0.2) is 61.3 Å². The summed E-state index contributed by atoms with van der Waals surface area (Å²) in [6.45, 7) is 5.94. The molecule has 0 spiro atoms. The molecule has 1 unspecified atom stereocenters. The number of aliphatic hydroxyl groups is 1. The van der Waals surface area contributed by atoms with Crippen molar-refractivity contribution in [3.8, 4) is 17.0 Å². The summed E-state index contributed by atoms with van der Waals surface area (Å²) in [5, 5.41) is 9.22. The Morgan fingerprint density at radius 1 is 1.21 bits per heavy atom. The topological polar surface area (TPSA) is 42.4 Å². The first-order valence-corrected chi connectivity index (χ1v) is 8.34. The fourth-order valence-corrected chi connectivity index (χ4v) is 2.31. The van der Waals surface area contributed by atoms with Gasteiger partial charge in [-0.05, 0) is 43.9 Å². The number of hydrogen-bond acceptors (Lipinski definition) is 3. The third-order valence-corrected chi connectivity index (χ3v) is 3.61. The van der Waals surface area contributed by atoms with Crippen LogP contribution in [-0.2, 0) is 0 Å². The Kier molecular flexibility index (Phi) is 7.24. The van der Waals surface area contributed by atoms with Gasteiger partial charge in [0.25, 0.3) is 0 Å². The number of hydrogen-bond donors (Lipinski definition) is 1. The first kappa shape index (κ1) is 18.0. The van der Waals surface area contributed by atoms with Crippen LogP contribution in [0.25, 0.3) is 17.3 Å². The summed E-state index contributed by atoms with van der Waals surface area (Å²) in [5.74, 6) is 0.746. The smallest absolute Gasteiger partial charge is 0.138 e. The monoisotopic (exact) mass is 323 g/mol. The van der Waals surface area contributed by atoms with Crippen LogP contribution >= 0.6 is 0 Å². The number of benzene rings is 1. The van der Waals surface area contributed by atoms with Crippen molar-refractivity contribution in [3.63, 3.8) is 0 Å². The van der Waals surface area contributed by atoms with E-state index in [1.54, 1.807) is 12.3 Å². The molecule has 2 rings (SSSR count). The van der Waals surface area contributed by atoms with E-state index in [0.717, 1.165) is 36.3 Å². The molecule has 3 heteroatoms. The lowest BCUT2D eigenvalue weighted by Crippen LogP contribution is -1.97. The minimum absolute atomic E-state index is 0.209. The Bertz CT molecular complexity index is 643. The van der Waals surface area contributed by atoms with Crippen molar-refractivity contribution >= 4 is 6.08 Å². The Hall–Kier alpha value is -2.39. The van der Waals surface area contributed by atoms with Gasteiger partial charge in [-0.1, -0.05) is 49.1 Å². The summed E-state index contributed by atoms with van der Waals surface area (Å²) in [7, 11) is 0. The highest BCUT2D eigenvalue weighted by atomic mass is 16.5. The van der Waals surface area contributed by atoms with Crippen LogP contribution in [0.1, 0.15) is 31.7 Å². The average Bonchev–Trinajstić information content (AvgIpc) is 2.60. The van der Waals surface area contributed by atoms with E-state index in [2.05, 4.69) is 48.0 Å². The van der Waals surface area contributed by atoms with Crippen molar-refractivity contribution in [2.24, 2.45) is 0 Å². The van der Waals surface area contributed by atoms with E-state index in [1.807, 2.05) is 19.1 Å². The van der Waals surface area contributed by atoms with Gasteiger partial charge >= 0.3 is 0 Å². The van der Waals surface area contributed by atoms with Crippen molar-refractivity contribution in [1.29, 1.82) is 0 Å². The molecule has 0 fully saturated rings. The highest BCUT2D eigenvalue weighted by Gasteiger charge is 2.00. The molecule has 0 saturated carbocycles. The highest BCUT2D eigenvalue weighted by Crippen LogP contribution is 2.20. The summed E-state index contributed by atoms with van der Waals surface area (Å²) < 4.78 is 5.44. The van der Waals surface area contributed by atoms with Gasteiger partial charge in [-0.15, -0.1) is 0 Å². The van der Waals surface area contributed by atoms with Gasteiger partial charge in [-0.25, -0.2) is 0 Å². The standard InChI is InChI=1S/C21H25NO2/c1-3-15-24-20-13-14-21(22-16-20)19-11-9-18(10-12-19)8-6-4-5-7-17(2)23/h3,6,8-14,16-17,23H,1,4-5,7,15H2,2H3/b8-6+. The number of allylic oxidation sites excluding steroid dienone is 1. The van der Waals surface area contributed by atoms with Crippen molar-refractivity contribution in [3.05, 3.63) is 66.9 Å². The lowest BCUT2D eigenvalue weighted by Gasteiger charge is -2.05. The molecule has 0 aliphatic carbocycles. The first-order valence-electron chi connectivity index (χ1n) is 8.34. The number of ether oxygens (including phenoxy) is 1. The average molecular weight is 323 g/mol. The van der Waals surface area contributed by atoms with Crippen LogP contribution < -0.4 is 4.74 Å². The minimum Gasteiger partial charge on any atom is -0.488 e. The van der Waals surface area contributed by atoms with Gasteiger partial charge in [0.15, 0.2) is 0 Å². The van der Waals surface area contributed by atoms with E-state index in [4.69, 9.17) is 4.74 Å². The molecule has 1 aromatic carbocycles. The van der Waals surface area contributed by atoms with E-state index in [0.29, 0.717) is 6.61 Å². The Balaban J connectivity index is 1.91. The minimum atomic E-state index is -0.209. The van der Waals surface area contributed by atoms with Crippen LogP contribution in [0.3, 0.4) is 0 Å². The van der Waals surface area contributed by atoms with Gasteiger partial charge in [0.1, 0.15) is 12.4 Å². The zero-order valence-corrected chi connectivity index (χ0v) is 14.2. The fraction of sp³-hybridized carbons (Fsp3) is 0.286. The molecule has 2 aromatic rings. The molecular formula is C21H25NO2. The number of nitrogens with zero attached hydrogens (tertiary/aromatic N) is 1. The van der Waals surface area contributed by atoms with Crippen molar-refractivity contribution < 1.29 is 9.84 Å². The summed E-state index contributed by atoms with van der Waals surface area (Å²) >= 11 is 0. The molecule has 126 valence electrons. The molecule has 24 heavy (non-hydrogen) atoms. The zero-order valence-electron chi connectivity index (χ0n) is 14.2. The predicted octanol–water partition coefficient (Wildman–Crippen LogP) is 4.88. The van der Waals surface area contributed by atoms with Gasteiger partial charge in [0.2, 0.25) is 0 Å². The Morgan fingerprint density at radius 3 is 2.62 bits per heavy atom. The highest BCUT2D eigenvalue weighted by molar-refractivity contribution is 5.62. The maximum absolute atomic E-state index is 9.22. The summed E-state index contributed by atoms with van der Waals surface area (Å²) in [4.78, 5) is 4.43. The maximum Gasteiger partial charge on any atom is 0.138 e. The molecule has 0 bridgehead atoms. The summed E-state index contributed by atoms with van der Waals surface area (Å²) in [6.07, 6.45) is 10.4. The quantitative estimate of drug-likeness (QED) is 0.528. The van der Waals surface area contributed by atoms with Crippen LogP contribution in [0.2, 0.25) is 0 Å². The number of pyridine rings is 1. The Morgan fingerprint density at radius 2 is 2.00 bits per heavy atom. The molecule has 0 aliphatic rings. The lowest BCUT2D eigenvalue weighted by molar-refractivity contribution is 0.182. The molecule has 0 radical (unpaired) electrons. The number of aliphatic hydroxyl groups excluding tert-OH is 1. The molecule has 0 amide bonds. The van der Waals surface area contributed by atoms with E-state index in [1.165, 1.54) is 5.56 Å². The molecule has 0 saturated heterocycles. The molecule has 1 atom stereocenters. The molecule has 3 nitrogen and oxygen atoms in total. The van der Waals surface area contributed by atoms with Crippen LogP contribution in [0, 0.1) is 0 Å². The van der Waals surface area contributed by atoms with E-state index < -0.39 is 0 Å². The van der Waals surface area contributed by atoms with Gasteiger partial charge < -0.3 is 9.84 Å². The van der Waals surface area contributed by atoms with Crippen molar-refractivity contribution in [2.45, 2.75) is 32.3 Å². The predicted molar refractivity (Wildman–Crippen MR) is 99.9 cm³/mol.